The molecule has 0 bridgehead atoms. The minimum absolute atomic E-state index is 0.304. The second-order valence-electron chi connectivity index (χ2n) is 5.86. The van der Waals surface area contributed by atoms with Crippen molar-refractivity contribution in [3.8, 4) is 0 Å². The highest BCUT2D eigenvalue weighted by molar-refractivity contribution is 5.67. The predicted molar refractivity (Wildman–Crippen MR) is 70.8 cm³/mol. The quantitative estimate of drug-likeness (QED) is 0.881. The molecule has 19 heavy (non-hydrogen) atoms. The lowest BCUT2D eigenvalue weighted by atomic mass is 9.95. The minimum Gasteiger partial charge on any atom is -0.481 e. The van der Waals surface area contributed by atoms with Gasteiger partial charge in [0, 0.05) is 31.7 Å². The van der Waals surface area contributed by atoms with Crippen molar-refractivity contribution in [1.82, 2.24) is 14.5 Å². The largest absolute Gasteiger partial charge is 0.481 e. The van der Waals surface area contributed by atoms with Gasteiger partial charge in [-0.2, -0.15) is 0 Å². The molecule has 1 N–H and O–H groups in total. The first kappa shape index (κ1) is 12.7. The maximum Gasteiger partial charge on any atom is 0.303 e. The monoisotopic (exact) mass is 263 g/mol. The van der Waals surface area contributed by atoms with Gasteiger partial charge in [0.05, 0.1) is 12.0 Å². The third kappa shape index (κ3) is 3.15. The number of carbonyl (C=O) groups is 1. The first-order chi connectivity index (χ1) is 9.22. The van der Waals surface area contributed by atoms with Gasteiger partial charge in [0.15, 0.2) is 0 Å². The summed E-state index contributed by atoms with van der Waals surface area (Å²) in [5.74, 6) is -0.363. The molecule has 1 atom stereocenters. The van der Waals surface area contributed by atoms with E-state index >= 15 is 0 Å². The van der Waals surface area contributed by atoms with Crippen molar-refractivity contribution in [2.45, 2.75) is 44.7 Å². The van der Waals surface area contributed by atoms with Crippen molar-refractivity contribution in [1.29, 1.82) is 0 Å². The van der Waals surface area contributed by atoms with Gasteiger partial charge in [-0.3, -0.25) is 9.69 Å². The fourth-order valence-corrected chi connectivity index (χ4v) is 3.07. The van der Waals surface area contributed by atoms with E-state index in [1.54, 1.807) is 0 Å². The average molecular weight is 263 g/mol. The molecule has 1 saturated carbocycles. The third-order valence-corrected chi connectivity index (χ3v) is 4.14. The zero-order valence-electron chi connectivity index (χ0n) is 11.2. The number of carboxylic acid groups (broad SMARTS) is 1. The molecule has 0 radical (unpaired) electrons. The Morgan fingerprint density at radius 3 is 3.00 bits per heavy atom. The van der Waals surface area contributed by atoms with Crippen LogP contribution in [0.15, 0.2) is 12.5 Å². The van der Waals surface area contributed by atoms with Crippen LogP contribution in [-0.4, -0.2) is 38.6 Å². The summed E-state index contributed by atoms with van der Waals surface area (Å²) >= 11 is 0. The second-order valence-corrected chi connectivity index (χ2v) is 5.86. The average Bonchev–Trinajstić information content (AvgIpc) is 3.10. The smallest absolute Gasteiger partial charge is 0.303 e. The van der Waals surface area contributed by atoms with E-state index in [1.165, 1.54) is 18.5 Å². The number of rotatable bonds is 5. The van der Waals surface area contributed by atoms with E-state index in [0.717, 1.165) is 32.5 Å². The van der Waals surface area contributed by atoms with E-state index in [2.05, 4.69) is 14.5 Å². The molecule has 104 valence electrons. The van der Waals surface area contributed by atoms with Crippen LogP contribution in [0.25, 0.3) is 0 Å². The van der Waals surface area contributed by atoms with Crippen LogP contribution in [0.3, 0.4) is 0 Å². The Bertz CT molecular complexity index is 453. The van der Waals surface area contributed by atoms with Gasteiger partial charge in [-0.1, -0.05) is 0 Å². The molecule has 5 heteroatoms. The number of carboxylic acids is 1. The van der Waals surface area contributed by atoms with E-state index in [4.69, 9.17) is 5.11 Å². The van der Waals surface area contributed by atoms with Crippen LogP contribution >= 0.6 is 0 Å². The summed E-state index contributed by atoms with van der Waals surface area (Å²) in [7, 11) is 0. The molecule has 1 aliphatic carbocycles. The highest BCUT2D eigenvalue weighted by atomic mass is 16.4. The van der Waals surface area contributed by atoms with E-state index in [-0.39, 0.29) is 0 Å². The minimum atomic E-state index is -0.671. The predicted octanol–water partition coefficient (Wildman–Crippen LogP) is 1.90. The maximum absolute atomic E-state index is 10.8. The summed E-state index contributed by atoms with van der Waals surface area (Å²) in [5, 5.41) is 8.90. The highest BCUT2D eigenvalue weighted by Gasteiger charge is 2.27. The summed E-state index contributed by atoms with van der Waals surface area (Å²) in [6.45, 7) is 2.89. The molecule has 3 rings (SSSR count). The first-order valence-corrected chi connectivity index (χ1v) is 7.17. The third-order valence-electron chi connectivity index (χ3n) is 4.14. The molecule has 0 spiro atoms. The fourth-order valence-electron chi connectivity index (χ4n) is 3.07. The summed E-state index contributed by atoms with van der Waals surface area (Å²) in [6.07, 6.45) is 8.89. The van der Waals surface area contributed by atoms with Crippen molar-refractivity contribution in [2.75, 3.05) is 13.1 Å². The normalized spacial score (nSPS) is 24.5. The van der Waals surface area contributed by atoms with Crippen molar-refractivity contribution < 1.29 is 9.90 Å². The molecule has 0 aromatic carbocycles. The Morgan fingerprint density at radius 1 is 1.42 bits per heavy atom. The maximum atomic E-state index is 10.8. The van der Waals surface area contributed by atoms with Crippen LogP contribution in [-0.2, 0) is 11.3 Å². The van der Waals surface area contributed by atoms with Crippen LogP contribution in [0.4, 0.5) is 0 Å². The Hall–Kier alpha value is -1.36. The Morgan fingerprint density at radius 2 is 2.26 bits per heavy atom. The van der Waals surface area contributed by atoms with Gasteiger partial charge in [-0.25, -0.2) is 4.98 Å². The Labute approximate surface area is 113 Å². The molecule has 1 aromatic heterocycles. The number of hydrogen-bond acceptors (Lipinski definition) is 3. The van der Waals surface area contributed by atoms with E-state index in [0.29, 0.717) is 18.4 Å². The zero-order valence-corrected chi connectivity index (χ0v) is 11.2. The molecule has 2 heterocycles. The first-order valence-electron chi connectivity index (χ1n) is 7.17. The second kappa shape index (κ2) is 5.33. The van der Waals surface area contributed by atoms with Gasteiger partial charge in [0.2, 0.25) is 0 Å². The number of imidazole rings is 1. The van der Waals surface area contributed by atoms with Crippen molar-refractivity contribution in [2.24, 2.45) is 5.92 Å². The van der Waals surface area contributed by atoms with Gasteiger partial charge in [-0.15, -0.1) is 0 Å². The van der Waals surface area contributed by atoms with Gasteiger partial charge in [-0.05, 0) is 38.1 Å². The summed E-state index contributed by atoms with van der Waals surface area (Å²) in [4.78, 5) is 17.5. The molecular weight excluding hydrogens is 242 g/mol. The molecule has 1 aromatic rings. The van der Waals surface area contributed by atoms with Crippen molar-refractivity contribution >= 4 is 5.97 Å². The lowest BCUT2D eigenvalue weighted by molar-refractivity contribution is -0.138. The number of likely N-dealkylation sites (tertiary alicyclic amines) is 1. The number of aromatic nitrogens is 2. The van der Waals surface area contributed by atoms with E-state index in [1.807, 2.05) is 12.5 Å². The molecule has 1 aliphatic heterocycles. The van der Waals surface area contributed by atoms with Gasteiger partial charge in [0.1, 0.15) is 0 Å². The van der Waals surface area contributed by atoms with E-state index < -0.39 is 5.97 Å². The standard InChI is InChI=1S/C14H21N3O2/c18-14(19)6-11-2-1-5-16(8-11)9-13-7-15-10-17(13)12-3-4-12/h7,10-12H,1-6,8-9H2,(H,18,19). The molecule has 1 saturated heterocycles. The highest BCUT2D eigenvalue weighted by Crippen LogP contribution is 2.36. The SMILES string of the molecule is O=C(O)CC1CCCN(Cc2cncn2C2CC2)C1. The summed E-state index contributed by atoms with van der Waals surface area (Å²) in [5.41, 5.74) is 1.28. The van der Waals surface area contributed by atoms with Crippen molar-refractivity contribution in [3.05, 3.63) is 18.2 Å². The zero-order chi connectivity index (χ0) is 13.2. The molecule has 5 nitrogen and oxygen atoms in total. The topological polar surface area (TPSA) is 58.4 Å². The number of nitrogens with zero attached hydrogens (tertiary/aromatic N) is 3. The summed E-state index contributed by atoms with van der Waals surface area (Å²) in [6, 6.07) is 0.664. The Kier molecular flexibility index (Phi) is 3.55. The lowest BCUT2D eigenvalue weighted by Gasteiger charge is -2.32. The number of piperidine rings is 1. The number of aliphatic carboxylic acids is 1. The molecule has 2 aliphatic rings. The Balaban J connectivity index is 1.59. The van der Waals surface area contributed by atoms with E-state index in [9.17, 15) is 4.79 Å². The van der Waals surface area contributed by atoms with Crippen LogP contribution in [0, 0.1) is 5.92 Å². The van der Waals surface area contributed by atoms with Crippen LogP contribution in [0.5, 0.6) is 0 Å². The molecule has 1 unspecified atom stereocenters. The summed E-state index contributed by atoms with van der Waals surface area (Å²) < 4.78 is 2.29. The number of hydrogen-bond donors (Lipinski definition) is 1. The van der Waals surface area contributed by atoms with Crippen LogP contribution in [0.1, 0.15) is 43.8 Å². The van der Waals surface area contributed by atoms with Crippen LogP contribution < -0.4 is 0 Å². The molecule has 0 amide bonds. The van der Waals surface area contributed by atoms with Crippen LogP contribution in [0.2, 0.25) is 0 Å². The van der Waals surface area contributed by atoms with Gasteiger partial charge < -0.3 is 9.67 Å². The van der Waals surface area contributed by atoms with Gasteiger partial charge in [0.25, 0.3) is 0 Å². The molecule has 2 fully saturated rings. The molecular formula is C14H21N3O2. The van der Waals surface area contributed by atoms with Crippen molar-refractivity contribution in [3.63, 3.8) is 0 Å². The van der Waals surface area contributed by atoms with Gasteiger partial charge >= 0.3 is 5.97 Å². The lowest BCUT2D eigenvalue weighted by Crippen LogP contribution is -2.36. The fraction of sp³-hybridized carbons (Fsp3) is 0.714.